The second-order valence-electron chi connectivity index (χ2n) is 4.32. The van der Waals surface area contributed by atoms with Crippen molar-refractivity contribution in [3.05, 3.63) is 36.7 Å². The first-order valence-corrected chi connectivity index (χ1v) is 6.87. The lowest BCUT2D eigenvalue weighted by molar-refractivity contribution is 0.317. The Morgan fingerprint density at radius 3 is 2.50 bits per heavy atom. The van der Waals surface area contributed by atoms with E-state index in [1.807, 2.05) is 37.3 Å². The SMILES string of the molecule is CCCOc1ccc(Nc2cc(NCC)ncn2)cc1. The summed E-state index contributed by atoms with van der Waals surface area (Å²) in [5.74, 6) is 2.46. The lowest BCUT2D eigenvalue weighted by Gasteiger charge is -2.09. The normalized spacial score (nSPS) is 10.1. The van der Waals surface area contributed by atoms with Crippen LogP contribution in [-0.4, -0.2) is 23.1 Å². The average Bonchev–Trinajstić information content (AvgIpc) is 2.47. The van der Waals surface area contributed by atoms with Crippen molar-refractivity contribution in [2.45, 2.75) is 20.3 Å². The molecule has 0 aliphatic rings. The lowest BCUT2D eigenvalue weighted by atomic mass is 10.3. The van der Waals surface area contributed by atoms with Crippen LogP contribution in [-0.2, 0) is 0 Å². The minimum atomic E-state index is 0.741. The molecule has 5 heteroatoms. The Morgan fingerprint density at radius 2 is 1.80 bits per heavy atom. The van der Waals surface area contributed by atoms with Gasteiger partial charge in [0, 0.05) is 18.3 Å². The summed E-state index contributed by atoms with van der Waals surface area (Å²) >= 11 is 0. The monoisotopic (exact) mass is 272 g/mol. The molecule has 0 bridgehead atoms. The van der Waals surface area contributed by atoms with Crippen LogP contribution in [0.1, 0.15) is 20.3 Å². The van der Waals surface area contributed by atoms with Crippen LogP contribution in [0.15, 0.2) is 36.7 Å². The van der Waals surface area contributed by atoms with Crippen molar-refractivity contribution in [2.75, 3.05) is 23.8 Å². The molecule has 0 saturated heterocycles. The number of hydrogen-bond acceptors (Lipinski definition) is 5. The van der Waals surface area contributed by atoms with Crippen LogP contribution >= 0.6 is 0 Å². The quantitative estimate of drug-likeness (QED) is 0.808. The summed E-state index contributed by atoms with van der Waals surface area (Å²) in [5.41, 5.74) is 0.968. The van der Waals surface area contributed by atoms with Gasteiger partial charge in [0.1, 0.15) is 23.7 Å². The Labute approximate surface area is 119 Å². The molecule has 0 unspecified atom stereocenters. The van der Waals surface area contributed by atoms with Crippen molar-refractivity contribution >= 4 is 17.3 Å². The van der Waals surface area contributed by atoms with E-state index in [4.69, 9.17) is 4.74 Å². The van der Waals surface area contributed by atoms with E-state index in [-0.39, 0.29) is 0 Å². The van der Waals surface area contributed by atoms with Crippen molar-refractivity contribution < 1.29 is 4.74 Å². The van der Waals surface area contributed by atoms with Gasteiger partial charge in [0.2, 0.25) is 0 Å². The van der Waals surface area contributed by atoms with Gasteiger partial charge in [0.15, 0.2) is 0 Å². The molecule has 106 valence electrons. The zero-order valence-electron chi connectivity index (χ0n) is 11.9. The van der Waals surface area contributed by atoms with Gasteiger partial charge in [-0.05, 0) is 37.6 Å². The number of ether oxygens (including phenoxy) is 1. The van der Waals surface area contributed by atoms with Gasteiger partial charge in [-0.15, -0.1) is 0 Å². The molecular formula is C15H20N4O. The van der Waals surface area contributed by atoms with Crippen LogP contribution in [0, 0.1) is 0 Å². The van der Waals surface area contributed by atoms with Gasteiger partial charge in [-0.1, -0.05) is 6.92 Å². The third-order valence-corrected chi connectivity index (χ3v) is 2.62. The van der Waals surface area contributed by atoms with E-state index in [2.05, 4.69) is 27.5 Å². The van der Waals surface area contributed by atoms with Crippen molar-refractivity contribution in [2.24, 2.45) is 0 Å². The predicted molar refractivity (Wildman–Crippen MR) is 81.7 cm³/mol. The zero-order valence-corrected chi connectivity index (χ0v) is 11.9. The van der Waals surface area contributed by atoms with Crippen molar-refractivity contribution in [1.29, 1.82) is 0 Å². The molecule has 1 aromatic heterocycles. The molecule has 0 saturated carbocycles. The Balaban J connectivity index is 2.00. The fourth-order valence-corrected chi connectivity index (χ4v) is 1.71. The number of rotatable bonds is 7. The molecule has 1 aromatic carbocycles. The fourth-order valence-electron chi connectivity index (χ4n) is 1.71. The third kappa shape index (κ3) is 4.12. The van der Waals surface area contributed by atoms with Gasteiger partial charge < -0.3 is 15.4 Å². The molecule has 0 amide bonds. The Kier molecular flexibility index (Phi) is 5.17. The second-order valence-corrected chi connectivity index (χ2v) is 4.32. The van der Waals surface area contributed by atoms with E-state index in [9.17, 15) is 0 Å². The van der Waals surface area contributed by atoms with Crippen molar-refractivity contribution in [1.82, 2.24) is 9.97 Å². The van der Waals surface area contributed by atoms with E-state index < -0.39 is 0 Å². The molecule has 20 heavy (non-hydrogen) atoms. The van der Waals surface area contributed by atoms with Crippen LogP contribution in [0.3, 0.4) is 0 Å². The summed E-state index contributed by atoms with van der Waals surface area (Å²) in [6.45, 7) is 5.70. The smallest absolute Gasteiger partial charge is 0.135 e. The van der Waals surface area contributed by atoms with Crippen molar-refractivity contribution in [3.63, 3.8) is 0 Å². The summed E-state index contributed by atoms with van der Waals surface area (Å²) in [5, 5.41) is 6.39. The van der Waals surface area contributed by atoms with Gasteiger partial charge in [-0.25, -0.2) is 9.97 Å². The first kappa shape index (κ1) is 14.1. The number of nitrogens with one attached hydrogen (secondary N) is 2. The minimum absolute atomic E-state index is 0.741. The topological polar surface area (TPSA) is 59.1 Å². The number of anilines is 3. The maximum absolute atomic E-state index is 5.55. The van der Waals surface area contributed by atoms with E-state index in [1.165, 1.54) is 0 Å². The summed E-state index contributed by atoms with van der Waals surface area (Å²) in [4.78, 5) is 8.33. The highest BCUT2D eigenvalue weighted by Gasteiger charge is 1.99. The molecule has 0 fully saturated rings. The van der Waals surface area contributed by atoms with E-state index >= 15 is 0 Å². The second kappa shape index (κ2) is 7.33. The third-order valence-electron chi connectivity index (χ3n) is 2.62. The van der Waals surface area contributed by atoms with Gasteiger partial charge >= 0.3 is 0 Å². The van der Waals surface area contributed by atoms with Crippen LogP contribution in [0.2, 0.25) is 0 Å². The van der Waals surface area contributed by atoms with E-state index in [0.29, 0.717) is 0 Å². The van der Waals surface area contributed by atoms with Crippen molar-refractivity contribution in [3.8, 4) is 5.75 Å². The first-order chi connectivity index (χ1) is 9.81. The number of hydrogen-bond donors (Lipinski definition) is 2. The Bertz CT molecular complexity index is 528. The molecular weight excluding hydrogens is 252 g/mol. The fraction of sp³-hybridized carbons (Fsp3) is 0.333. The molecule has 5 nitrogen and oxygen atoms in total. The summed E-state index contributed by atoms with van der Waals surface area (Å²) in [6, 6.07) is 9.72. The van der Waals surface area contributed by atoms with Crippen LogP contribution in [0.25, 0.3) is 0 Å². The zero-order chi connectivity index (χ0) is 14.2. The molecule has 0 aliphatic heterocycles. The minimum Gasteiger partial charge on any atom is -0.494 e. The molecule has 1 heterocycles. The lowest BCUT2D eigenvalue weighted by Crippen LogP contribution is -2.01. The molecule has 2 aromatic rings. The molecule has 2 N–H and O–H groups in total. The summed E-state index contributed by atoms with van der Waals surface area (Å²) < 4.78 is 5.55. The summed E-state index contributed by atoms with van der Waals surface area (Å²) in [6.07, 6.45) is 2.55. The van der Waals surface area contributed by atoms with Gasteiger partial charge in [0.25, 0.3) is 0 Å². The van der Waals surface area contributed by atoms with Gasteiger partial charge in [-0.2, -0.15) is 0 Å². The predicted octanol–water partition coefficient (Wildman–Crippen LogP) is 3.44. The van der Waals surface area contributed by atoms with Crippen LogP contribution in [0.4, 0.5) is 17.3 Å². The first-order valence-electron chi connectivity index (χ1n) is 6.87. The van der Waals surface area contributed by atoms with E-state index in [1.54, 1.807) is 6.33 Å². The maximum Gasteiger partial charge on any atom is 0.135 e. The molecule has 0 spiro atoms. The number of nitrogens with zero attached hydrogens (tertiary/aromatic N) is 2. The average molecular weight is 272 g/mol. The van der Waals surface area contributed by atoms with Gasteiger partial charge in [0.05, 0.1) is 6.61 Å². The molecule has 2 rings (SSSR count). The highest BCUT2D eigenvalue weighted by molar-refractivity contribution is 5.59. The number of aromatic nitrogens is 2. The van der Waals surface area contributed by atoms with E-state index in [0.717, 1.165) is 42.6 Å². The van der Waals surface area contributed by atoms with Crippen LogP contribution in [0.5, 0.6) is 5.75 Å². The highest BCUT2D eigenvalue weighted by atomic mass is 16.5. The Morgan fingerprint density at radius 1 is 1.05 bits per heavy atom. The standard InChI is InChI=1S/C15H20N4O/c1-3-9-20-13-7-5-12(6-8-13)19-15-10-14(16-4-2)17-11-18-15/h5-8,10-11H,3-4,9H2,1-2H3,(H2,16,17,18,19). The van der Waals surface area contributed by atoms with Crippen LogP contribution < -0.4 is 15.4 Å². The maximum atomic E-state index is 5.55. The highest BCUT2D eigenvalue weighted by Crippen LogP contribution is 2.19. The molecule has 0 radical (unpaired) electrons. The largest absolute Gasteiger partial charge is 0.494 e. The van der Waals surface area contributed by atoms with Gasteiger partial charge in [-0.3, -0.25) is 0 Å². The molecule has 0 aliphatic carbocycles. The number of benzene rings is 1. The Hall–Kier alpha value is -2.30. The summed E-state index contributed by atoms with van der Waals surface area (Å²) in [7, 11) is 0. The molecule has 0 atom stereocenters.